The van der Waals surface area contributed by atoms with Gasteiger partial charge in [0.1, 0.15) is 0 Å². The van der Waals surface area contributed by atoms with Gasteiger partial charge in [0.05, 0.1) is 0 Å². The molecule has 1 rings (SSSR count). The molecule has 0 aliphatic carbocycles. The highest BCUT2D eigenvalue weighted by Crippen LogP contribution is 2.36. The quantitative estimate of drug-likeness (QED) is 0.443. The Kier molecular flexibility index (Phi) is 3.00. The number of para-hydroxylation sites is 1. The van der Waals surface area contributed by atoms with Crippen LogP contribution in [0.15, 0.2) is 24.3 Å². The first kappa shape index (κ1) is 10.1. The van der Waals surface area contributed by atoms with E-state index < -0.39 is 13.6 Å². The molecule has 0 radical (unpaired) electrons. The molecule has 13 heavy (non-hydrogen) atoms. The van der Waals surface area contributed by atoms with Crippen molar-refractivity contribution in [1.82, 2.24) is 0 Å². The highest BCUT2D eigenvalue weighted by atomic mass is 31.2. The molecule has 0 aliphatic heterocycles. The van der Waals surface area contributed by atoms with Gasteiger partial charge in [0.2, 0.25) is 5.75 Å². The maximum absolute atomic E-state index is 12.7. The van der Waals surface area contributed by atoms with Crippen LogP contribution >= 0.6 is 7.82 Å². The van der Waals surface area contributed by atoms with Crippen molar-refractivity contribution in [3.8, 4) is 5.75 Å². The summed E-state index contributed by atoms with van der Waals surface area (Å²) in [6.45, 7) is 0. The largest absolute Gasteiger partial charge is 0.505 e. The van der Waals surface area contributed by atoms with Crippen LogP contribution in [0, 0.1) is 5.82 Å². The van der Waals surface area contributed by atoms with Gasteiger partial charge < -0.3 is 14.7 Å². The Hall–Kier alpha value is -0.940. The Balaban J connectivity index is 2.65. The van der Waals surface area contributed by atoms with Crippen LogP contribution in [0.4, 0.5) is 4.39 Å². The molecule has 72 valence electrons. The van der Waals surface area contributed by atoms with Crippen LogP contribution in [0.1, 0.15) is 0 Å². The fraction of sp³-hybridized carbons (Fsp3) is 0. The molecule has 0 spiro atoms. The van der Waals surface area contributed by atoms with Crippen molar-refractivity contribution in [3.63, 3.8) is 0 Å². The van der Waals surface area contributed by atoms with E-state index in [4.69, 9.17) is 9.79 Å². The van der Waals surface area contributed by atoms with Crippen LogP contribution in [0.25, 0.3) is 0 Å². The molecule has 0 saturated heterocycles. The van der Waals surface area contributed by atoms with Gasteiger partial charge in [-0.15, -0.1) is 0 Å². The van der Waals surface area contributed by atoms with Crippen molar-refractivity contribution in [3.05, 3.63) is 30.1 Å². The van der Waals surface area contributed by atoms with Gasteiger partial charge in [0.25, 0.3) is 0 Å². The summed E-state index contributed by atoms with van der Waals surface area (Å²) in [5, 5.41) is 0. The van der Waals surface area contributed by atoms with Crippen molar-refractivity contribution < 1.29 is 28.3 Å². The number of phosphoric acid groups is 1. The van der Waals surface area contributed by atoms with Crippen LogP contribution in [-0.2, 0) is 9.24 Å². The fourth-order valence-corrected chi connectivity index (χ4v) is 0.778. The normalized spacial score (nSPS) is 11.3. The van der Waals surface area contributed by atoms with Crippen molar-refractivity contribution in [1.29, 1.82) is 0 Å². The number of halogens is 1. The monoisotopic (exact) mass is 208 g/mol. The van der Waals surface area contributed by atoms with Crippen LogP contribution < -0.4 is 4.89 Å². The second-order valence-corrected chi connectivity index (χ2v) is 3.21. The fourth-order valence-electron chi connectivity index (χ4n) is 0.601. The molecule has 5 nitrogen and oxygen atoms in total. The van der Waals surface area contributed by atoms with E-state index in [1.165, 1.54) is 18.2 Å². The average Bonchev–Trinajstić information content (AvgIpc) is 2.01. The van der Waals surface area contributed by atoms with Crippen LogP contribution in [0.2, 0.25) is 0 Å². The molecule has 0 heterocycles. The molecule has 0 aromatic heterocycles. The smallest absolute Gasteiger partial charge is 0.324 e. The highest BCUT2D eigenvalue weighted by molar-refractivity contribution is 7.46. The Morgan fingerprint density at radius 3 is 2.46 bits per heavy atom. The maximum Gasteiger partial charge on any atom is 0.505 e. The van der Waals surface area contributed by atoms with Crippen LogP contribution in [-0.4, -0.2) is 9.79 Å². The molecular formula is C6H6FO5P. The first-order valence-corrected chi connectivity index (χ1v) is 4.68. The standard InChI is InChI=1S/C6H6FO5P/c7-5-3-1-2-4-6(5)11-12-13(8,9)10/h1-4H,(H2,8,9,10). The first-order chi connectivity index (χ1) is 5.99. The molecule has 0 amide bonds. The van der Waals surface area contributed by atoms with E-state index in [9.17, 15) is 8.96 Å². The third-order valence-electron chi connectivity index (χ3n) is 1.06. The molecule has 1 aromatic rings. The highest BCUT2D eigenvalue weighted by Gasteiger charge is 2.17. The maximum atomic E-state index is 12.7. The molecule has 7 heteroatoms. The van der Waals surface area contributed by atoms with Crippen LogP contribution in [0.3, 0.4) is 0 Å². The lowest BCUT2D eigenvalue weighted by Gasteiger charge is -2.04. The number of hydrogen-bond acceptors (Lipinski definition) is 3. The van der Waals surface area contributed by atoms with Crippen LogP contribution in [0.5, 0.6) is 5.75 Å². The Morgan fingerprint density at radius 2 is 1.92 bits per heavy atom. The van der Waals surface area contributed by atoms with Crippen molar-refractivity contribution in [2.24, 2.45) is 0 Å². The summed E-state index contributed by atoms with van der Waals surface area (Å²) >= 11 is 0. The van der Waals surface area contributed by atoms with E-state index in [-0.39, 0.29) is 5.75 Å². The minimum absolute atomic E-state index is 0.383. The molecule has 0 unspecified atom stereocenters. The number of hydrogen-bond donors (Lipinski definition) is 2. The molecule has 2 N–H and O–H groups in total. The van der Waals surface area contributed by atoms with Gasteiger partial charge in [-0.25, -0.2) is 8.96 Å². The number of rotatable bonds is 3. The Bertz CT molecular complexity index is 336. The lowest BCUT2D eigenvalue weighted by atomic mass is 10.3. The molecule has 0 saturated carbocycles. The molecule has 0 bridgehead atoms. The second-order valence-electron chi connectivity index (χ2n) is 2.08. The minimum Gasteiger partial charge on any atom is -0.324 e. The summed E-state index contributed by atoms with van der Waals surface area (Å²) in [5.74, 6) is -1.15. The van der Waals surface area contributed by atoms with Gasteiger partial charge in [-0.3, -0.25) is 0 Å². The lowest BCUT2D eigenvalue weighted by Crippen LogP contribution is -1.96. The van der Waals surface area contributed by atoms with E-state index >= 15 is 0 Å². The SMILES string of the molecule is O=P(O)(O)OOc1ccccc1F. The van der Waals surface area contributed by atoms with E-state index in [1.54, 1.807) is 0 Å². The second kappa shape index (κ2) is 3.85. The predicted molar refractivity (Wildman–Crippen MR) is 40.2 cm³/mol. The summed E-state index contributed by atoms with van der Waals surface area (Å²) < 4.78 is 26.5. The summed E-state index contributed by atoms with van der Waals surface area (Å²) in [6.07, 6.45) is 0. The minimum atomic E-state index is -4.74. The average molecular weight is 208 g/mol. The molecule has 0 aliphatic rings. The summed E-state index contributed by atoms with van der Waals surface area (Å²) in [5.41, 5.74) is 0. The third kappa shape index (κ3) is 3.52. The van der Waals surface area contributed by atoms with E-state index in [0.717, 1.165) is 6.07 Å². The van der Waals surface area contributed by atoms with Gasteiger partial charge >= 0.3 is 7.82 Å². The van der Waals surface area contributed by atoms with Gasteiger partial charge in [0, 0.05) is 0 Å². The van der Waals surface area contributed by atoms with E-state index in [0.29, 0.717) is 0 Å². The Labute approximate surface area is 72.9 Å². The van der Waals surface area contributed by atoms with E-state index in [1.807, 2.05) is 0 Å². The third-order valence-corrected chi connectivity index (χ3v) is 1.33. The van der Waals surface area contributed by atoms with Gasteiger partial charge in [-0.05, 0) is 12.1 Å². The zero-order chi connectivity index (χ0) is 9.90. The molecule has 0 atom stereocenters. The lowest BCUT2D eigenvalue weighted by molar-refractivity contribution is -0.125. The van der Waals surface area contributed by atoms with Crippen molar-refractivity contribution >= 4 is 7.82 Å². The molecule has 1 aromatic carbocycles. The Morgan fingerprint density at radius 1 is 1.31 bits per heavy atom. The van der Waals surface area contributed by atoms with E-state index in [2.05, 4.69) is 9.56 Å². The summed E-state index contributed by atoms with van der Waals surface area (Å²) in [4.78, 5) is 20.5. The zero-order valence-electron chi connectivity index (χ0n) is 6.25. The predicted octanol–water partition coefficient (Wildman–Crippen LogP) is 1.23. The first-order valence-electron chi connectivity index (χ1n) is 3.15. The van der Waals surface area contributed by atoms with Gasteiger partial charge in [-0.2, -0.15) is 0 Å². The van der Waals surface area contributed by atoms with Gasteiger partial charge in [0.15, 0.2) is 5.82 Å². The zero-order valence-corrected chi connectivity index (χ0v) is 7.15. The number of benzene rings is 1. The summed E-state index contributed by atoms with van der Waals surface area (Å²) in [7, 11) is -4.74. The topological polar surface area (TPSA) is 76.0 Å². The van der Waals surface area contributed by atoms with Crippen molar-refractivity contribution in [2.45, 2.75) is 0 Å². The van der Waals surface area contributed by atoms with Crippen molar-refractivity contribution in [2.75, 3.05) is 0 Å². The molecular weight excluding hydrogens is 202 g/mol. The van der Waals surface area contributed by atoms with Gasteiger partial charge in [-0.1, -0.05) is 16.8 Å². The molecule has 0 fully saturated rings. The summed E-state index contributed by atoms with van der Waals surface area (Å²) in [6, 6.07) is 5.07.